The second kappa shape index (κ2) is 11.4. The number of imidazole rings is 2. The molecule has 174 valence electrons. The molecule has 0 amide bonds. The molecule has 0 unspecified atom stereocenters. The monoisotopic (exact) mass is 455 g/mol. The van der Waals surface area contributed by atoms with E-state index in [1.54, 1.807) is 0 Å². The van der Waals surface area contributed by atoms with Gasteiger partial charge in [0, 0.05) is 18.3 Å². The van der Waals surface area contributed by atoms with Crippen molar-refractivity contribution >= 4 is 25.2 Å². The number of aromatic nitrogens is 4. The molecule has 0 aliphatic carbocycles. The predicted molar refractivity (Wildman–Crippen MR) is 139 cm³/mol. The summed E-state index contributed by atoms with van der Waals surface area (Å²) in [4.78, 5) is 17.9. The van der Waals surface area contributed by atoms with Gasteiger partial charge in [0.1, 0.15) is 5.82 Å². The van der Waals surface area contributed by atoms with Crippen molar-refractivity contribution in [3.05, 3.63) is 64.1 Å². The number of fused-ring (bicyclic) bond motifs is 1. The molecule has 2 heterocycles. The molecule has 2 N–H and O–H groups in total. The maximum Gasteiger partial charge on any atom is 0.329 e. The van der Waals surface area contributed by atoms with Crippen molar-refractivity contribution < 1.29 is 0 Å². The summed E-state index contributed by atoms with van der Waals surface area (Å²) in [6.45, 7) is 19.7. The Morgan fingerprint density at radius 2 is 1.78 bits per heavy atom. The fourth-order valence-electron chi connectivity index (χ4n) is 3.68. The molecule has 7 heteroatoms. The molecule has 0 spiro atoms. The first-order valence-electron chi connectivity index (χ1n) is 11.2. The Hall–Kier alpha value is -2.43. The molecular formula is C25H38N5OP. The van der Waals surface area contributed by atoms with E-state index in [1.807, 2.05) is 53.0 Å². The Kier molecular flexibility index (Phi) is 9.23. The number of nitrogens with two attached hydrogens (primary N) is 1. The Morgan fingerprint density at radius 3 is 2.28 bits per heavy atom. The minimum atomic E-state index is 0.0370. The van der Waals surface area contributed by atoms with Gasteiger partial charge in [-0.15, -0.1) is 0 Å². The normalized spacial score (nSPS) is 11.6. The smallest absolute Gasteiger partial charge is 0.329 e. The molecule has 1 aromatic carbocycles. The van der Waals surface area contributed by atoms with Crippen molar-refractivity contribution in [2.75, 3.05) is 0 Å². The molecule has 0 radical (unpaired) electrons. The molecule has 6 nitrogen and oxygen atoms in total. The lowest BCUT2D eigenvalue weighted by molar-refractivity contribution is 0.492. The summed E-state index contributed by atoms with van der Waals surface area (Å²) in [6.07, 6.45) is 1.10. The van der Waals surface area contributed by atoms with Crippen molar-refractivity contribution in [2.24, 2.45) is 11.4 Å². The lowest BCUT2D eigenvalue weighted by Gasteiger charge is -2.12. The van der Waals surface area contributed by atoms with Gasteiger partial charge < -0.3 is 4.57 Å². The maximum atomic E-state index is 13.1. The highest BCUT2D eigenvalue weighted by Gasteiger charge is 2.18. The summed E-state index contributed by atoms with van der Waals surface area (Å²) in [6, 6.07) is 8.15. The Morgan fingerprint density at radius 1 is 1.16 bits per heavy atom. The number of nitrogens with zero attached hydrogens (tertiary/aromatic N) is 4. The molecule has 0 atom stereocenters. The van der Waals surface area contributed by atoms with Crippen LogP contribution in [0.1, 0.15) is 64.3 Å². The molecule has 0 aliphatic rings. The zero-order valence-corrected chi connectivity index (χ0v) is 21.5. The number of allylic oxidation sites excluding steroid dienone is 1. The van der Waals surface area contributed by atoms with Gasteiger partial charge in [0.05, 0.1) is 23.3 Å². The van der Waals surface area contributed by atoms with Crippen molar-refractivity contribution in [1.29, 1.82) is 0 Å². The number of para-hydroxylation sites is 2. The maximum absolute atomic E-state index is 13.1. The molecular weight excluding hydrogens is 417 g/mol. The third kappa shape index (κ3) is 6.08. The number of hydrogen-bond donors (Lipinski definition) is 1. The molecule has 0 fully saturated rings. The highest BCUT2D eigenvalue weighted by atomic mass is 31.1. The van der Waals surface area contributed by atoms with Crippen molar-refractivity contribution in [3.8, 4) is 0 Å². The molecule has 0 aliphatic heterocycles. The highest BCUT2D eigenvalue weighted by molar-refractivity contribution is 7.36. The van der Waals surface area contributed by atoms with Gasteiger partial charge >= 0.3 is 5.69 Å². The van der Waals surface area contributed by atoms with E-state index in [9.17, 15) is 4.79 Å². The van der Waals surface area contributed by atoms with Gasteiger partial charge in [-0.05, 0) is 73.2 Å². The van der Waals surface area contributed by atoms with Crippen LogP contribution in [0.4, 0.5) is 0 Å². The fourth-order valence-corrected chi connectivity index (χ4v) is 3.94. The van der Waals surface area contributed by atoms with Gasteiger partial charge in [-0.3, -0.25) is 14.6 Å². The van der Waals surface area contributed by atoms with Crippen LogP contribution >= 0.6 is 8.35 Å². The van der Waals surface area contributed by atoms with E-state index in [2.05, 4.69) is 45.8 Å². The highest BCUT2D eigenvalue weighted by Crippen LogP contribution is 2.19. The Bertz CT molecular complexity index is 1150. The first-order valence-corrected chi connectivity index (χ1v) is 12.2. The van der Waals surface area contributed by atoms with Gasteiger partial charge in [0.15, 0.2) is 0 Å². The van der Waals surface area contributed by atoms with E-state index in [1.165, 1.54) is 5.69 Å². The Balaban J connectivity index is 0.000000534. The lowest BCUT2D eigenvalue weighted by Crippen LogP contribution is -2.27. The van der Waals surface area contributed by atoms with E-state index in [0.717, 1.165) is 49.4 Å². The van der Waals surface area contributed by atoms with Crippen LogP contribution in [0.5, 0.6) is 0 Å². The number of aryl methyl sites for hydroxylation is 1. The fraction of sp³-hybridized carbons (Fsp3) is 0.480. The topological polar surface area (TPSA) is 70.8 Å². The van der Waals surface area contributed by atoms with Crippen LogP contribution in [-0.2, 0) is 13.1 Å². The number of hydrogen-bond acceptors (Lipinski definition) is 3. The van der Waals surface area contributed by atoms with Gasteiger partial charge in [-0.1, -0.05) is 38.1 Å². The Labute approximate surface area is 193 Å². The zero-order valence-electron chi connectivity index (χ0n) is 20.6. The standard InChI is InChI=1S/C21H30N4O.C4H8NP/c1-14(2)11-12-23-17(6)16(5)22-20(23)13-24-18-9-7-8-10-19(18)25(15(3)4)21(24)26;1-4(2)3-6-5/h7-10,14-15H,11-13H2,1-6H3;3H,1,5H2,2H3. The largest absolute Gasteiger partial charge is 0.331 e. The van der Waals surface area contributed by atoms with E-state index in [4.69, 9.17) is 10.5 Å². The first-order chi connectivity index (χ1) is 15.1. The first kappa shape index (κ1) is 25.8. The number of benzene rings is 1. The van der Waals surface area contributed by atoms with Gasteiger partial charge in [0.25, 0.3) is 0 Å². The lowest BCUT2D eigenvalue weighted by atomic mass is 10.1. The second-order valence-electron chi connectivity index (χ2n) is 8.98. The van der Waals surface area contributed by atoms with E-state index < -0.39 is 0 Å². The molecule has 3 rings (SSSR count). The summed E-state index contributed by atoms with van der Waals surface area (Å²) < 4.78 is 6.02. The van der Waals surface area contributed by atoms with Gasteiger partial charge in [0.2, 0.25) is 0 Å². The predicted octanol–water partition coefficient (Wildman–Crippen LogP) is 5.48. The third-order valence-electron chi connectivity index (χ3n) is 5.45. The second-order valence-corrected chi connectivity index (χ2v) is 9.54. The molecule has 32 heavy (non-hydrogen) atoms. The summed E-state index contributed by atoms with van der Waals surface area (Å²) in [5.41, 5.74) is 10.4. The molecule has 0 saturated heterocycles. The molecule has 2 aromatic heterocycles. The average Bonchev–Trinajstić information content (AvgIpc) is 3.14. The van der Waals surface area contributed by atoms with Crippen molar-refractivity contribution in [1.82, 2.24) is 18.7 Å². The summed E-state index contributed by atoms with van der Waals surface area (Å²) in [7, 11) is 0.799. The zero-order chi connectivity index (χ0) is 24.0. The summed E-state index contributed by atoms with van der Waals surface area (Å²) >= 11 is 0. The quantitative estimate of drug-likeness (QED) is 0.480. The van der Waals surface area contributed by atoms with E-state index in [-0.39, 0.29) is 11.7 Å². The van der Waals surface area contributed by atoms with Crippen molar-refractivity contribution in [3.63, 3.8) is 0 Å². The van der Waals surface area contributed by atoms with Crippen LogP contribution in [0.3, 0.4) is 0 Å². The van der Waals surface area contributed by atoms with Crippen LogP contribution in [0.25, 0.3) is 11.0 Å². The van der Waals surface area contributed by atoms with Crippen molar-refractivity contribution in [2.45, 2.75) is 74.0 Å². The summed E-state index contributed by atoms with van der Waals surface area (Å²) in [5, 5.41) is 0. The molecule has 3 aromatic rings. The summed E-state index contributed by atoms with van der Waals surface area (Å²) in [5.74, 6) is 3.45. The van der Waals surface area contributed by atoms with E-state index in [0.29, 0.717) is 12.5 Å². The number of rotatable bonds is 7. The van der Waals surface area contributed by atoms with Gasteiger partial charge in [-0.2, -0.15) is 0 Å². The average molecular weight is 456 g/mol. The van der Waals surface area contributed by atoms with Gasteiger partial charge in [-0.25, -0.2) is 9.78 Å². The van der Waals surface area contributed by atoms with Crippen LogP contribution in [-0.4, -0.2) is 24.5 Å². The third-order valence-corrected chi connectivity index (χ3v) is 6.04. The van der Waals surface area contributed by atoms with Crippen LogP contribution in [0.2, 0.25) is 0 Å². The van der Waals surface area contributed by atoms with E-state index >= 15 is 0 Å². The molecule has 0 bridgehead atoms. The minimum absolute atomic E-state index is 0.0370. The van der Waals surface area contributed by atoms with Crippen LogP contribution < -0.4 is 11.2 Å². The van der Waals surface area contributed by atoms with Crippen LogP contribution in [0, 0.1) is 19.8 Å². The van der Waals surface area contributed by atoms with Crippen LogP contribution in [0.15, 0.2) is 41.2 Å². The SMILES string of the molecule is C=C(C)C=PN.Cc1nc(Cn2c(=O)n(C(C)C)c3ccccc32)n(CCC(C)C)c1C. The molecule has 0 saturated carbocycles. The minimum Gasteiger partial charge on any atom is -0.331 e.